The zero-order valence-electron chi connectivity index (χ0n) is 29.8. The topological polar surface area (TPSA) is 141 Å². The molecule has 0 bridgehead atoms. The lowest BCUT2D eigenvalue weighted by atomic mass is 9.86. The summed E-state index contributed by atoms with van der Waals surface area (Å²) in [4.78, 5) is 57.5. The highest BCUT2D eigenvalue weighted by atomic mass is 79.9. The number of hydrogen-bond acceptors (Lipinski definition) is 11. The van der Waals surface area contributed by atoms with Gasteiger partial charge in [-0.25, -0.2) is 4.79 Å². The van der Waals surface area contributed by atoms with Gasteiger partial charge in [-0.1, -0.05) is 127 Å². The van der Waals surface area contributed by atoms with Crippen molar-refractivity contribution >= 4 is 83.9 Å². The molecule has 3 rings (SSSR count). The molecule has 0 aliphatic carbocycles. The molecule has 14 heteroatoms. The van der Waals surface area contributed by atoms with E-state index in [4.69, 9.17) is 4.74 Å². The van der Waals surface area contributed by atoms with Crippen LogP contribution in [0.1, 0.15) is 35.1 Å². The van der Waals surface area contributed by atoms with Crippen molar-refractivity contribution in [3.05, 3.63) is 134 Å². The van der Waals surface area contributed by atoms with E-state index in [-0.39, 0.29) is 6.42 Å². The molecule has 0 aliphatic heterocycles. The molecule has 0 spiro atoms. The number of methoxy groups -OCH3 is 5. The van der Waals surface area contributed by atoms with Gasteiger partial charge in [0.25, 0.3) is 0 Å². The first-order valence-corrected chi connectivity index (χ1v) is 17.9. The van der Waals surface area contributed by atoms with E-state index in [2.05, 4.69) is 84.6 Å². The summed E-state index contributed by atoms with van der Waals surface area (Å²) in [6.07, 6.45) is 5.67. The minimum atomic E-state index is -1.06. The van der Waals surface area contributed by atoms with Gasteiger partial charge in [0.1, 0.15) is 6.10 Å². The lowest BCUT2D eigenvalue weighted by molar-refractivity contribution is -0.160. The quantitative estimate of drug-likeness (QED) is 0.0703. The smallest absolute Gasteiger partial charge is 0.468 e. The van der Waals surface area contributed by atoms with Crippen LogP contribution in [0.2, 0.25) is 0 Å². The summed E-state index contributed by atoms with van der Waals surface area (Å²) >= 11 is 10.2. The van der Waals surface area contributed by atoms with Gasteiger partial charge < -0.3 is 28.4 Å². The van der Waals surface area contributed by atoms with Crippen LogP contribution < -0.4 is 0 Å². The summed E-state index contributed by atoms with van der Waals surface area (Å²) in [6, 6.07) is 22.4. The van der Waals surface area contributed by atoms with Crippen molar-refractivity contribution in [3.8, 4) is 0 Å². The van der Waals surface area contributed by atoms with Crippen molar-refractivity contribution in [2.75, 3.05) is 35.5 Å². The number of carbonyl (C=O) groups excluding carboxylic acids is 5. The van der Waals surface area contributed by atoms with Crippen LogP contribution in [0.4, 0.5) is 4.79 Å². The van der Waals surface area contributed by atoms with Crippen molar-refractivity contribution in [2.45, 2.75) is 18.4 Å². The largest absolute Gasteiger partial charge is 0.508 e. The molecule has 3 aromatic rings. The van der Waals surface area contributed by atoms with Gasteiger partial charge in [0.05, 0.1) is 35.5 Å². The van der Waals surface area contributed by atoms with Gasteiger partial charge in [0, 0.05) is 24.9 Å². The van der Waals surface area contributed by atoms with Crippen LogP contribution in [-0.4, -0.2) is 65.6 Å². The summed E-state index contributed by atoms with van der Waals surface area (Å²) in [7, 11) is 6.23. The second-order valence-corrected chi connectivity index (χ2v) is 12.9. The Morgan fingerprint density at radius 3 is 1.47 bits per heavy atom. The lowest BCUT2D eigenvalue weighted by Gasteiger charge is -2.21. The fraction of sp³-hybridized carbons (Fsp3) is 0.256. The average Bonchev–Trinajstić information content (AvgIpc) is 3.18. The van der Waals surface area contributed by atoms with Crippen molar-refractivity contribution in [1.82, 2.24) is 0 Å². The summed E-state index contributed by atoms with van der Waals surface area (Å²) in [5.74, 6) is -4.98. The van der Waals surface area contributed by atoms with Crippen molar-refractivity contribution in [3.63, 3.8) is 0 Å². The first-order valence-electron chi connectivity index (χ1n) is 15.6. The monoisotopic (exact) mass is 922 g/mol. The zero-order chi connectivity index (χ0) is 39.9. The molecule has 0 N–H and O–H groups in total. The number of benzene rings is 3. The normalized spacial score (nSPS) is 11.4. The predicted octanol–water partition coefficient (Wildman–Crippen LogP) is 8.95. The molecule has 0 saturated heterocycles. The third kappa shape index (κ3) is 15.2. The fourth-order valence-electron chi connectivity index (χ4n) is 4.44. The minimum Gasteiger partial charge on any atom is -0.468 e. The third-order valence-electron chi connectivity index (χ3n) is 7.15. The van der Waals surface area contributed by atoms with E-state index >= 15 is 0 Å². The van der Waals surface area contributed by atoms with Gasteiger partial charge in [0.2, 0.25) is 0 Å². The van der Waals surface area contributed by atoms with Crippen molar-refractivity contribution < 1.29 is 52.4 Å². The molecule has 0 saturated carbocycles. The Hall–Kier alpha value is -4.53. The van der Waals surface area contributed by atoms with E-state index in [9.17, 15) is 24.0 Å². The van der Waals surface area contributed by atoms with Gasteiger partial charge in [0.15, 0.2) is 11.8 Å². The number of carbonyl (C=O) groups is 5. The Labute approximate surface area is 334 Å². The Balaban J connectivity index is 0.000000401. The molecule has 0 heterocycles. The van der Waals surface area contributed by atoms with Crippen LogP contribution in [-0.2, 0) is 47.6 Å². The van der Waals surface area contributed by atoms with Crippen molar-refractivity contribution in [2.24, 2.45) is 11.8 Å². The molecule has 2 atom stereocenters. The lowest BCUT2D eigenvalue weighted by Crippen LogP contribution is -2.31. The van der Waals surface area contributed by atoms with E-state index < -0.39 is 53.9 Å². The molecule has 0 aliphatic rings. The third-order valence-corrected chi connectivity index (χ3v) is 9.32. The Bertz CT molecular complexity index is 1690. The highest BCUT2D eigenvalue weighted by Gasteiger charge is 2.37. The molecular formula is C39H41Br3O11. The van der Waals surface area contributed by atoms with E-state index in [1.807, 2.05) is 78.9 Å². The molecular weight excluding hydrogens is 884 g/mol. The van der Waals surface area contributed by atoms with Crippen LogP contribution >= 0.6 is 47.8 Å². The number of esters is 4. The molecule has 0 fully saturated rings. The predicted molar refractivity (Wildman–Crippen MR) is 210 cm³/mol. The average molecular weight is 925 g/mol. The molecule has 11 nitrogen and oxygen atoms in total. The minimum absolute atomic E-state index is 0.237. The molecule has 284 valence electrons. The van der Waals surface area contributed by atoms with Crippen LogP contribution in [0.25, 0.3) is 6.08 Å². The van der Waals surface area contributed by atoms with Gasteiger partial charge in [-0.2, -0.15) is 0 Å². The highest BCUT2D eigenvalue weighted by Crippen LogP contribution is 2.33. The Kier molecular flexibility index (Phi) is 22.3. The molecule has 2 unspecified atom stereocenters. The molecule has 0 aromatic heterocycles. The van der Waals surface area contributed by atoms with Crippen molar-refractivity contribution in [1.29, 1.82) is 0 Å². The Morgan fingerprint density at radius 1 is 0.604 bits per heavy atom. The molecule has 3 aromatic carbocycles. The van der Waals surface area contributed by atoms with Crippen LogP contribution in [0.3, 0.4) is 0 Å². The van der Waals surface area contributed by atoms with E-state index in [1.165, 1.54) is 41.6 Å². The SMILES string of the molecule is C=CC(OC(=O)OC)c1ccccc1Br.C=CC(c1ccccc1Br)C(C(=O)OC)C(=O)OC.COC(=O)C(C/C=C/c1ccccc1Br)C(=O)OC. The van der Waals surface area contributed by atoms with Gasteiger partial charge in [-0.05, 0) is 41.8 Å². The second kappa shape index (κ2) is 25.4. The Morgan fingerprint density at radius 2 is 1.06 bits per heavy atom. The van der Waals surface area contributed by atoms with Gasteiger partial charge in [-0.3, -0.25) is 19.2 Å². The maximum atomic E-state index is 11.8. The summed E-state index contributed by atoms with van der Waals surface area (Å²) in [5, 5.41) is 0. The van der Waals surface area contributed by atoms with E-state index in [0.717, 1.165) is 30.1 Å². The van der Waals surface area contributed by atoms with E-state index in [1.54, 1.807) is 12.2 Å². The van der Waals surface area contributed by atoms with Crippen LogP contribution in [0.5, 0.6) is 0 Å². The number of rotatable bonds is 13. The van der Waals surface area contributed by atoms with Gasteiger partial charge >= 0.3 is 30.0 Å². The van der Waals surface area contributed by atoms with Gasteiger partial charge in [-0.15, -0.1) is 6.58 Å². The number of allylic oxidation sites excluding steroid dienone is 2. The van der Waals surface area contributed by atoms with Crippen LogP contribution in [0, 0.1) is 11.8 Å². The molecule has 0 radical (unpaired) electrons. The molecule has 0 amide bonds. The fourth-order valence-corrected chi connectivity index (χ4v) is 5.92. The summed E-state index contributed by atoms with van der Waals surface area (Å²) in [6.45, 7) is 7.31. The maximum absolute atomic E-state index is 11.8. The highest BCUT2D eigenvalue weighted by molar-refractivity contribution is 9.11. The number of halogens is 3. The maximum Gasteiger partial charge on any atom is 0.508 e. The summed E-state index contributed by atoms with van der Waals surface area (Å²) in [5.41, 5.74) is 2.58. The number of ether oxygens (including phenoxy) is 6. The first kappa shape index (κ1) is 46.5. The first-order chi connectivity index (χ1) is 25.3. The number of hydrogen-bond donors (Lipinski definition) is 0. The zero-order valence-corrected chi connectivity index (χ0v) is 34.6. The standard InChI is InChI=1S/2C14H15BrO4.C11H11BrO3/c1-18-13(16)11(14(17)19-2)8-5-7-10-6-3-4-9-12(10)15;1-4-9(10-7-5-6-8-11(10)15)12(13(16)18-2)14(17)19-3;1-3-10(15-11(13)14-2)8-6-4-5-7-9(8)12/h3-7,9,11H,8H2,1-2H3;4-9,12H,1H2,2-3H3;3-7,10H,1H2,2H3/b7-5+;;. The molecule has 53 heavy (non-hydrogen) atoms. The summed E-state index contributed by atoms with van der Waals surface area (Å²) < 4.78 is 30.5. The van der Waals surface area contributed by atoms with E-state index in [0.29, 0.717) is 0 Å². The van der Waals surface area contributed by atoms with Crippen LogP contribution in [0.15, 0.2) is 118 Å². The second-order valence-electron chi connectivity index (χ2n) is 10.3.